The van der Waals surface area contributed by atoms with E-state index >= 15 is 0 Å². The molecule has 0 spiro atoms. The summed E-state index contributed by atoms with van der Waals surface area (Å²) in [5.74, 6) is 0.854. The van der Waals surface area contributed by atoms with Crippen molar-refractivity contribution < 1.29 is 19.1 Å². The Labute approximate surface area is 167 Å². The molecule has 1 aliphatic rings. The van der Waals surface area contributed by atoms with Gasteiger partial charge in [0.05, 0.1) is 7.11 Å². The average molecular weight is 389 g/mol. The number of methoxy groups -OCH3 is 1. The molecule has 1 N–H and O–H groups in total. The van der Waals surface area contributed by atoms with Gasteiger partial charge in [0.2, 0.25) is 5.91 Å². The predicted octanol–water partition coefficient (Wildman–Crippen LogP) is 4.05. The maximum atomic E-state index is 12.9. The van der Waals surface area contributed by atoms with Crippen LogP contribution in [0, 0.1) is 0 Å². The average Bonchev–Trinajstić information content (AvgIpc) is 2.81. The molecule has 28 heavy (non-hydrogen) atoms. The summed E-state index contributed by atoms with van der Waals surface area (Å²) in [5, 5.41) is 2.72. The van der Waals surface area contributed by atoms with Crippen LogP contribution in [0.2, 0.25) is 0 Å². The van der Waals surface area contributed by atoms with Crippen LogP contribution in [0.4, 0.5) is 4.79 Å². The van der Waals surface area contributed by atoms with Gasteiger partial charge < -0.3 is 19.7 Å². The van der Waals surface area contributed by atoms with Crippen LogP contribution in [-0.2, 0) is 16.1 Å². The summed E-state index contributed by atoms with van der Waals surface area (Å²) in [4.78, 5) is 26.5. The smallest absolute Gasteiger partial charge is 0.407 e. The van der Waals surface area contributed by atoms with E-state index in [2.05, 4.69) is 19.2 Å². The molecule has 0 atom stereocenters. The van der Waals surface area contributed by atoms with Gasteiger partial charge in [-0.25, -0.2) is 4.79 Å². The molecule has 0 aromatic heterocycles. The molecule has 1 saturated heterocycles. The highest BCUT2D eigenvalue weighted by atomic mass is 16.6. The number of alkyl carbamates (subject to hydrolysis) is 1. The highest BCUT2D eigenvalue weighted by molar-refractivity contribution is 5.96. The van der Waals surface area contributed by atoms with Gasteiger partial charge in [-0.1, -0.05) is 18.2 Å². The molecule has 2 amide bonds. The van der Waals surface area contributed by atoms with Crippen molar-refractivity contribution in [3.8, 4) is 5.75 Å². The van der Waals surface area contributed by atoms with Crippen molar-refractivity contribution in [3.05, 3.63) is 41.5 Å². The maximum absolute atomic E-state index is 12.9. The number of amides is 2. The first kappa shape index (κ1) is 21.8. The molecule has 1 aromatic rings. The molecule has 0 bridgehead atoms. The first-order chi connectivity index (χ1) is 13.0. The minimum Gasteiger partial charge on any atom is -0.497 e. The van der Waals surface area contributed by atoms with Crippen LogP contribution in [0.5, 0.6) is 5.75 Å². The minimum atomic E-state index is -0.518. The molecule has 154 valence electrons. The lowest BCUT2D eigenvalue weighted by Gasteiger charge is -2.31. The number of hydrogen-bond donors (Lipinski definition) is 1. The van der Waals surface area contributed by atoms with Crippen molar-refractivity contribution in [1.82, 2.24) is 10.2 Å². The van der Waals surface area contributed by atoms with E-state index in [0.29, 0.717) is 25.9 Å². The second kappa shape index (κ2) is 8.67. The number of hydrogen-bond acceptors (Lipinski definition) is 4. The Morgan fingerprint density at radius 2 is 1.89 bits per heavy atom. The highest BCUT2D eigenvalue weighted by Crippen LogP contribution is 2.35. The van der Waals surface area contributed by atoms with E-state index in [1.165, 1.54) is 0 Å². The molecule has 6 heteroatoms. The second-order valence-electron chi connectivity index (χ2n) is 8.68. The fraction of sp³-hybridized carbons (Fsp3) is 0.545. The van der Waals surface area contributed by atoms with Gasteiger partial charge in [0, 0.05) is 30.6 Å². The largest absolute Gasteiger partial charge is 0.497 e. The van der Waals surface area contributed by atoms with Crippen LogP contribution in [0.1, 0.15) is 53.0 Å². The molecular weight excluding hydrogens is 356 g/mol. The van der Waals surface area contributed by atoms with E-state index in [-0.39, 0.29) is 11.4 Å². The number of carbonyl (C=O) groups is 2. The Hall–Kier alpha value is -2.50. The van der Waals surface area contributed by atoms with Crippen molar-refractivity contribution in [2.45, 2.75) is 65.1 Å². The number of carbonyl (C=O) groups excluding carboxylic acids is 2. The summed E-state index contributed by atoms with van der Waals surface area (Å²) < 4.78 is 10.4. The fourth-order valence-electron chi connectivity index (χ4n) is 3.18. The molecule has 2 rings (SSSR count). The Balaban J connectivity index is 1.93. The van der Waals surface area contributed by atoms with E-state index in [1.54, 1.807) is 7.11 Å². The maximum Gasteiger partial charge on any atom is 0.407 e. The van der Waals surface area contributed by atoms with Gasteiger partial charge in [0.25, 0.3) is 0 Å². The monoisotopic (exact) mass is 388 g/mol. The summed E-state index contributed by atoms with van der Waals surface area (Å²) in [7, 11) is 1.64. The lowest BCUT2D eigenvalue weighted by atomic mass is 9.99. The van der Waals surface area contributed by atoms with Gasteiger partial charge in [0.1, 0.15) is 11.4 Å². The van der Waals surface area contributed by atoms with E-state index in [0.717, 1.165) is 16.9 Å². The first-order valence-corrected chi connectivity index (χ1v) is 9.62. The molecular formula is C22H32N2O4. The van der Waals surface area contributed by atoms with Gasteiger partial charge in [-0.2, -0.15) is 0 Å². The molecule has 0 radical (unpaired) electrons. The van der Waals surface area contributed by atoms with Gasteiger partial charge in [-0.05, 0) is 58.7 Å². The van der Waals surface area contributed by atoms with Crippen molar-refractivity contribution in [3.63, 3.8) is 0 Å². The lowest BCUT2D eigenvalue weighted by Crippen LogP contribution is -2.40. The van der Waals surface area contributed by atoms with Crippen LogP contribution in [0.3, 0.4) is 0 Å². The molecule has 0 aliphatic carbocycles. The van der Waals surface area contributed by atoms with Gasteiger partial charge in [-0.15, -0.1) is 0 Å². The molecule has 0 unspecified atom stereocenters. The SMILES string of the molecule is COc1ccc(CN2C(=O)C(=CCCNC(=O)OC(C)(C)C)CC2(C)C)cc1. The molecule has 0 saturated carbocycles. The molecule has 1 heterocycles. The van der Waals surface area contributed by atoms with E-state index in [1.807, 2.05) is 56.0 Å². The van der Waals surface area contributed by atoms with Crippen LogP contribution in [-0.4, -0.2) is 41.7 Å². The fourth-order valence-corrected chi connectivity index (χ4v) is 3.18. The molecule has 1 aromatic carbocycles. The van der Waals surface area contributed by atoms with Gasteiger partial charge >= 0.3 is 6.09 Å². The van der Waals surface area contributed by atoms with Crippen LogP contribution < -0.4 is 10.1 Å². The molecule has 1 aliphatic heterocycles. The predicted molar refractivity (Wildman–Crippen MR) is 109 cm³/mol. The van der Waals surface area contributed by atoms with Crippen LogP contribution in [0.15, 0.2) is 35.9 Å². The number of rotatable bonds is 6. The van der Waals surface area contributed by atoms with Gasteiger partial charge in [0.15, 0.2) is 0 Å². The number of ether oxygens (including phenoxy) is 2. The van der Waals surface area contributed by atoms with Crippen molar-refractivity contribution in [1.29, 1.82) is 0 Å². The first-order valence-electron chi connectivity index (χ1n) is 9.62. The number of likely N-dealkylation sites (tertiary alicyclic amines) is 1. The number of nitrogens with one attached hydrogen (secondary N) is 1. The minimum absolute atomic E-state index is 0.0538. The number of nitrogens with zero attached hydrogens (tertiary/aromatic N) is 1. The van der Waals surface area contributed by atoms with Gasteiger partial charge in [-0.3, -0.25) is 4.79 Å². The van der Waals surface area contributed by atoms with E-state index in [4.69, 9.17) is 9.47 Å². The third kappa shape index (κ3) is 6.01. The third-order valence-electron chi connectivity index (χ3n) is 4.58. The summed E-state index contributed by atoms with van der Waals surface area (Å²) in [6, 6.07) is 7.77. The zero-order valence-electron chi connectivity index (χ0n) is 17.8. The summed E-state index contributed by atoms with van der Waals surface area (Å²) >= 11 is 0. The Morgan fingerprint density at radius 1 is 1.25 bits per heavy atom. The standard InChI is InChI=1S/C22H32N2O4/c1-21(2,3)28-20(26)23-13-7-8-17-14-22(4,5)24(19(17)25)15-16-9-11-18(27-6)12-10-16/h8-12H,7,13-15H2,1-6H3,(H,23,26). The Bertz CT molecular complexity index is 730. The van der Waals surface area contributed by atoms with E-state index in [9.17, 15) is 9.59 Å². The highest BCUT2D eigenvalue weighted by Gasteiger charge is 2.40. The van der Waals surface area contributed by atoms with Crippen LogP contribution >= 0.6 is 0 Å². The molecule has 1 fully saturated rings. The molecule has 6 nitrogen and oxygen atoms in total. The summed E-state index contributed by atoms with van der Waals surface area (Å²) in [6.45, 7) is 10.6. The van der Waals surface area contributed by atoms with E-state index < -0.39 is 11.7 Å². The third-order valence-corrected chi connectivity index (χ3v) is 4.58. The zero-order chi connectivity index (χ0) is 20.9. The number of benzene rings is 1. The zero-order valence-corrected chi connectivity index (χ0v) is 17.8. The van der Waals surface area contributed by atoms with Crippen molar-refractivity contribution >= 4 is 12.0 Å². The quantitative estimate of drug-likeness (QED) is 0.590. The summed E-state index contributed by atoms with van der Waals surface area (Å²) in [5.41, 5.74) is 1.09. The Morgan fingerprint density at radius 3 is 2.46 bits per heavy atom. The second-order valence-corrected chi connectivity index (χ2v) is 8.68. The normalized spacial score (nSPS) is 17.7. The van der Waals surface area contributed by atoms with Crippen molar-refractivity contribution in [2.24, 2.45) is 0 Å². The topological polar surface area (TPSA) is 67.9 Å². The van der Waals surface area contributed by atoms with Crippen molar-refractivity contribution in [2.75, 3.05) is 13.7 Å². The summed E-state index contributed by atoms with van der Waals surface area (Å²) in [6.07, 6.45) is 2.77. The lowest BCUT2D eigenvalue weighted by molar-refractivity contribution is -0.128. The Kier molecular flexibility index (Phi) is 6.75. The van der Waals surface area contributed by atoms with Crippen LogP contribution in [0.25, 0.3) is 0 Å².